The average molecular weight is 356 g/mol. The van der Waals surface area contributed by atoms with Crippen LogP contribution < -0.4 is 0 Å². The SMILES string of the molecule is CCOC(=O)C1CCN(C(=O)C(C)Cn2nc(C)c(Cl)c2C)CC1. The van der Waals surface area contributed by atoms with Crippen LogP contribution in [0.3, 0.4) is 0 Å². The number of amides is 1. The first-order chi connectivity index (χ1) is 11.3. The minimum Gasteiger partial charge on any atom is -0.466 e. The summed E-state index contributed by atoms with van der Waals surface area (Å²) in [5, 5.41) is 5.04. The van der Waals surface area contributed by atoms with Crippen molar-refractivity contribution in [3.63, 3.8) is 0 Å². The molecule has 0 aliphatic carbocycles. The molecule has 1 aliphatic heterocycles. The molecule has 1 amide bonds. The van der Waals surface area contributed by atoms with Gasteiger partial charge in [-0.25, -0.2) is 0 Å². The van der Waals surface area contributed by atoms with Gasteiger partial charge >= 0.3 is 5.97 Å². The number of likely N-dealkylation sites (tertiary alicyclic amines) is 1. The summed E-state index contributed by atoms with van der Waals surface area (Å²) >= 11 is 6.16. The van der Waals surface area contributed by atoms with E-state index in [9.17, 15) is 9.59 Å². The predicted molar refractivity (Wildman–Crippen MR) is 91.8 cm³/mol. The van der Waals surface area contributed by atoms with E-state index in [0.717, 1.165) is 11.4 Å². The number of hydrogen-bond acceptors (Lipinski definition) is 4. The summed E-state index contributed by atoms with van der Waals surface area (Å²) in [6.45, 7) is 9.60. The number of halogens is 1. The summed E-state index contributed by atoms with van der Waals surface area (Å²) in [5.74, 6) is -0.312. The van der Waals surface area contributed by atoms with Crippen molar-refractivity contribution in [3.05, 3.63) is 16.4 Å². The molecule has 1 fully saturated rings. The van der Waals surface area contributed by atoms with E-state index in [4.69, 9.17) is 16.3 Å². The Hall–Kier alpha value is -1.56. The van der Waals surface area contributed by atoms with Crippen molar-refractivity contribution in [1.29, 1.82) is 0 Å². The number of piperidine rings is 1. The highest BCUT2D eigenvalue weighted by molar-refractivity contribution is 6.31. The molecule has 0 saturated carbocycles. The molecule has 134 valence electrons. The molecule has 0 radical (unpaired) electrons. The average Bonchev–Trinajstić information content (AvgIpc) is 2.81. The molecule has 2 rings (SSSR count). The van der Waals surface area contributed by atoms with Gasteiger partial charge < -0.3 is 9.64 Å². The molecule has 7 heteroatoms. The zero-order valence-electron chi connectivity index (χ0n) is 14.8. The molecule has 2 heterocycles. The zero-order chi connectivity index (χ0) is 17.9. The Morgan fingerprint density at radius 1 is 1.33 bits per heavy atom. The molecule has 1 aromatic rings. The summed E-state index contributed by atoms with van der Waals surface area (Å²) < 4.78 is 6.86. The summed E-state index contributed by atoms with van der Waals surface area (Å²) in [4.78, 5) is 26.3. The van der Waals surface area contributed by atoms with E-state index in [0.29, 0.717) is 44.1 Å². The molecule has 0 spiro atoms. The molecule has 6 nitrogen and oxygen atoms in total. The molecule has 1 atom stereocenters. The Morgan fingerprint density at radius 2 is 1.96 bits per heavy atom. The number of aryl methyl sites for hydroxylation is 1. The number of nitrogens with zero attached hydrogens (tertiary/aromatic N) is 3. The second-order valence-corrected chi connectivity index (χ2v) is 6.80. The standard InChI is InChI=1S/C17H26ClN3O3/c1-5-24-17(23)14-6-8-20(9-7-14)16(22)11(2)10-21-13(4)15(18)12(3)19-21/h11,14H,5-10H2,1-4H3. The van der Waals surface area contributed by atoms with E-state index in [1.807, 2.05) is 32.6 Å². The van der Waals surface area contributed by atoms with E-state index in [1.165, 1.54) is 0 Å². The molecule has 0 bridgehead atoms. The number of hydrogen-bond donors (Lipinski definition) is 0. The molecular weight excluding hydrogens is 330 g/mol. The number of ether oxygens (including phenoxy) is 1. The first kappa shape index (κ1) is 18.8. The largest absolute Gasteiger partial charge is 0.466 e. The van der Waals surface area contributed by atoms with Gasteiger partial charge in [-0.15, -0.1) is 0 Å². The van der Waals surface area contributed by atoms with E-state index in [2.05, 4.69) is 5.10 Å². The van der Waals surface area contributed by atoms with Gasteiger partial charge in [0.05, 0.1) is 41.4 Å². The maximum Gasteiger partial charge on any atom is 0.309 e. The highest BCUT2D eigenvalue weighted by Gasteiger charge is 2.30. The predicted octanol–water partition coefficient (Wildman–Crippen LogP) is 2.59. The van der Waals surface area contributed by atoms with Crippen molar-refractivity contribution < 1.29 is 14.3 Å². The van der Waals surface area contributed by atoms with Crippen LogP contribution >= 0.6 is 11.6 Å². The minimum absolute atomic E-state index is 0.0841. The smallest absolute Gasteiger partial charge is 0.309 e. The highest BCUT2D eigenvalue weighted by atomic mass is 35.5. The second kappa shape index (κ2) is 8.01. The first-order valence-corrected chi connectivity index (χ1v) is 8.87. The molecule has 0 aromatic carbocycles. The first-order valence-electron chi connectivity index (χ1n) is 8.50. The number of aromatic nitrogens is 2. The van der Waals surface area contributed by atoms with Gasteiger partial charge in [0.25, 0.3) is 0 Å². The number of carbonyl (C=O) groups excluding carboxylic acids is 2. The molecular formula is C17H26ClN3O3. The van der Waals surface area contributed by atoms with Crippen LogP contribution in [0.5, 0.6) is 0 Å². The van der Waals surface area contributed by atoms with Gasteiger partial charge in [-0.3, -0.25) is 14.3 Å². The Morgan fingerprint density at radius 3 is 2.46 bits per heavy atom. The van der Waals surface area contributed by atoms with Crippen LogP contribution in [0.1, 0.15) is 38.1 Å². The summed E-state index contributed by atoms with van der Waals surface area (Å²) in [6, 6.07) is 0. The van der Waals surface area contributed by atoms with Crippen LogP contribution in [-0.2, 0) is 20.9 Å². The lowest BCUT2D eigenvalue weighted by atomic mass is 9.96. The normalized spacial score (nSPS) is 17.0. The highest BCUT2D eigenvalue weighted by Crippen LogP contribution is 2.22. The Balaban J connectivity index is 1.90. The molecule has 1 saturated heterocycles. The van der Waals surface area contributed by atoms with Crippen molar-refractivity contribution in [2.24, 2.45) is 11.8 Å². The maximum absolute atomic E-state index is 12.6. The molecule has 0 N–H and O–H groups in total. The van der Waals surface area contributed by atoms with E-state index in [1.54, 1.807) is 4.68 Å². The number of esters is 1. The summed E-state index contributed by atoms with van der Waals surface area (Å²) in [6.07, 6.45) is 1.34. The topological polar surface area (TPSA) is 64.4 Å². The van der Waals surface area contributed by atoms with Crippen molar-refractivity contribution in [3.8, 4) is 0 Å². The number of carbonyl (C=O) groups is 2. The Labute approximate surface area is 148 Å². The van der Waals surface area contributed by atoms with Crippen LogP contribution in [0.2, 0.25) is 5.02 Å². The molecule has 1 unspecified atom stereocenters. The van der Waals surface area contributed by atoms with Crippen LogP contribution in [0.25, 0.3) is 0 Å². The monoisotopic (exact) mass is 355 g/mol. The van der Waals surface area contributed by atoms with Crippen molar-refractivity contribution >= 4 is 23.5 Å². The Bertz CT molecular complexity index is 606. The van der Waals surface area contributed by atoms with Crippen LogP contribution in [0, 0.1) is 25.7 Å². The fourth-order valence-electron chi connectivity index (χ4n) is 3.10. The van der Waals surface area contributed by atoms with E-state index in [-0.39, 0.29) is 23.7 Å². The van der Waals surface area contributed by atoms with Gasteiger partial charge in [0.1, 0.15) is 0 Å². The van der Waals surface area contributed by atoms with Crippen LogP contribution in [0.15, 0.2) is 0 Å². The van der Waals surface area contributed by atoms with Gasteiger partial charge in [-0.1, -0.05) is 18.5 Å². The lowest BCUT2D eigenvalue weighted by Gasteiger charge is -2.32. The molecule has 24 heavy (non-hydrogen) atoms. The third-order valence-corrected chi connectivity index (χ3v) is 5.14. The van der Waals surface area contributed by atoms with Gasteiger partial charge in [0.15, 0.2) is 0 Å². The lowest BCUT2D eigenvalue weighted by molar-refractivity contribution is -0.151. The summed E-state index contributed by atoms with van der Waals surface area (Å²) in [7, 11) is 0. The van der Waals surface area contributed by atoms with Gasteiger partial charge in [-0.05, 0) is 33.6 Å². The zero-order valence-corrected chi connectivity index (χ0v) is 15.6. The third kappa shape index (κ3) is 4.09. The molecule has 1 aromatic heterocycles. The van der Waals surface area contributed by atoms with Crippen molar-refractivity contribution in [1.82, 2.24) is 14.7 Å². The van der Waals surface area contributed by atoms with Gasteiger partial charge in [-0.2, -0.15) is 5.10 Å². The second-order valence-electron chi connectivity index (χ2n) is 6.42. The van der Waals surface area contributed by atoms with Crippen LogP contribution in [-0.4, -0.2) is 46.3 Å². The minimum atomic E-state index is -0.182. The number of rotatable bonds is 5. The fraction of sp³-hybridized carbons (Fsp3) is 0.706. The van der Waals surface area contributed by atoms with Gasteiger partial charge in [0, 0.05) is 13.1 Å². The van der Waals surface area contributed by atoms with Crippen molar-refractivity contribution in [2.75, 3.05) is 19.7 Å². The quantitative estimate of drug-likeness (QED) is 0.761. The van der Waals surface area contributed by atoms with Crippen LogP contribution in [0.4, 0.5) is 0 Å². The van der Waals surface area contributed by atoms with E-state index < -0.39 is 0 Å². The summed E-state index contributed by atoms with van der Waals surface area (Å²) in [5.41, 5.74) is 1.67. The fourth-order valence-corrected chi connectivity index (χ4v) is 3.23. The molecule has 1 aliphatic rings. The van der Waals surface area contributed by atoms with Gasteiger partial charge in [0.2, 0.25) is 5.91 Å². The Kier molecular flexibility index (Phi) is 6.27. The third-order valence-electron chi connectivity index (χ3n) is 4.59. The van der Waals surface area contributed by atoms with E-state index >= 15 is 0 Å². The maximum atomic E-state index is 12.6. The lowest BCUT2D eigenvalue weighted by Crippen LogP contribution is -2.43. The van der Waals surface area contributed by atoms with Crippen molar-refractivity contribution in [2.45, 2.75) is 47.1 Å².